The summed E-state index contributed by atoms with van der Waals surface area (Å²) >= 11 is 7.84. The molecule has 2 rings (SSSR count). The predicted molar refractivity (Wildman–Crippen MR) is 92.8 cm³/mol. The third-order valence-electron chi connectivity index (χ3n) is 2.71. The first kappa shape index (κ1) is 16.7. The summed E-state index contributed by atoms with van der Waals surface area (Å²) < 4.78 is 13.9. The molecule has 0 fully saturated rings. The summed E-state index contributed by atoms with van der Waals surface area (Å²) in [6.07, 6.45) is 0. The van der Waals surface area contributed by atoms with Gasteiger partial charge in [-0.25, -0.2) is 4.39 Å². The standard InChI is InChI=1S/C15H11ClFIN2O2/c1-8(21)19-14-6-9(16)2-5-13(14)20-15(22)11-7-10(17)3-4-12(11)18/h2-7H,1H3,(H,19,21)(H,20,22). The molecule has 0 bridgehead atoms. The topological polar surface area (TPSA) is 58.2 Å². The van der Waals surface area contributed by atoms with Crippen molar-refractivity contribution in [1.82, 2.24) is 0 Å². The minimum absolute atomic E-state index is 0.212. The first-order valence-electron chi connectivity index (χ1n) is 6.20. The molecule has 0 atom stereocenters. The van der Waals surface area contributed by atoms with Crippen molar-refractivity contribution < 1.29 is 14.0 Å². The first-order chi connectivity index (χ1) is 10.4. The molecule has 0 heterocycles. The van der Waals surface area contributed by atoms with E-state index < -0.39 is 11.7 Å². The van der Waals surface area contributed by atoms with Crippen molar-refractivity contribution in [3.05, 3.63) is 56.4 Å². The van der Waals surface area contributed by atoms with E-state index in [1.54, 1.807) is 12.1 Å². The molecular formula is C15H11ClFIN2O2. The van der Waals surface area contributed by atoms with Gasteiger partial charge in [-0.05, 0) is 59.0 Å². The highest BCUT2D eigenvalue weighted by Gasteiger charge is 2.14. The number of carbonyl (C=O) groups excluding carboxylic acids is 2. The Hall–Kier alpha value is -1.67. The second kappa shape index (κ2) is 7.06. The third-order valence-corrected chi connectivity index (χ3v) is 3.89. The number of hydrogen-bond acceptors (Lipinski definition) is 2. The van der Waals surface area contributed by atoms with Crippen LogP contribution < -0.4 is 10.6 Å². The SMILES string of the molecule is CC(=O)Nc1cc(Cl)ccc1NC(=O)c1cc(F)ccc1I. The van der Waals surface area contributed by atoms with Gasteiger partial charge in [-0.15, -0.1) is 0 Å². The van der Waals surface area contributed by atoms with Crippen LogP contribution in [0.4, 0.5) is 15.8 Å². The summed E-state index contributed by atoms with van der Waals surface area (Å²) in [5, 5.41) is 5.65. The molecule has 2 aromatic rings. The summed E-state index contributed by atoms with van der Waals surface area (Å²) in [6.45, 7) is 1.35. The Kier molecular flexibility index (Phi) is 5.36. The van der Waals surface area contributed by atoms with E-state index in [4.69, 9.17) is 11.6 Å². The lowest BCUT2D eigenvalue weighted by Gasteiger charge is -2.12. The average molecular weight is 433 g/mol. The van der Waals surface area contributed by atoms with Gasteiger partial charge in [0.25, 0.3) is 5.91 Å². The van der Waals surface area contributed by atoms with E-state index in [-0.39, 0.29) is 11.5 Å². The average Bonchev–Trinajstić information content (AvgIpc) is 2.43. The molecular weight excluding hydrogens is 422 g/mol. The summed E-state index contributed by atoms with van der Waals surface area (Å²) in [6, 6.07) is 8.63. The van der Waals surface area contributed by atoms with E-state index in [1.807, 2.05) is 22.6 Å². The number of carbonyl (C=O) groups is 2. The molecule has 2 aromatic carbocycles. The van der Waals surface area contributed by atoms with Crippen LogP contribution in [-0.2, 0) is 4.79 Å². The quantitative estimate of drug-likeness (QED) is 0.711. The highest BCUT2D eigenvalue weighted by atomic mass is 127. The number of hydrogen-bond donors (Lipinski definition) is 2. The van der Waals surface area contributed by atoms with Crippen LogP contribution in [0.1, 0.15) is 17.3 Å². The van der Waals surface area contributed by atoms with Crippen molar-refractivity contribution in [2.75, 3.05) is 10.6 Å². The summed E-state index contributed by atoms with van der Waals surface area (Å²) in [5.41, 5.74) is 0.966. The largest absolute Gasteiger partial charge is 0.324 e. The summed E-state index contributed by atoms with van der Waals surface area (Å²) in [5.74, 6) is -1.26. The van der Waals surface area contributed by atoms with Crippen molar-refractivity contribution in [2.45, 2.75) is 6.92 Å². The van der Waals surface area contributed by atoms with Crippen molar-refractivity contribution in [3.8, 4) is 0 Å². The lowest BCUT2D eigenvalue weighted by atomic mass is 10.2. The van der Waals surface area contributed by atoms with Crippen LogP contribution in [-0.4, -0.2) is 11.8 Å². The fourth-order valence-corrected chi connectivity index (χ4v) is 2.53. The van der Waals surface area contributed by atoms with Crippen LogP contribution in [0.25, 0.3) is 0 Å². The molecule has 7 heteroatoms. The van der Waals surface area contributed by atoms with Gasteiger partial charge in [-0.3, -0.25) is 9.59 Å². The van der Waals surface area contributed by atoms with Crippen molar-refractivity contribution >= 4 is 57.4 Å². The number of benzene rings is 2. The van der Waals surface area contributed by atoms with Gasteiger partial charge in [0, 0.05) is 15.5 Å². The zero-order valence-corrected chi connectivity index (χ0v) is 14.3. The normalized spacial score (nSPS) is 10.2. The molecule has 22 heavy (non-hydrogen) atoms. The minimum Gasteiger partial charge on any atom is -0.324 e. The molecule has 0 saturated heterocycles. The molecule has 0 aliphatic rings. The van der Waals surface area contributed by atoms with Gasteiger partial charge in [-0.1, -0.05) is 11.6 Å². The minimum atomic E-state index is -0.497. The van der Waals surface area contributed by atoms with Crippen LogP contribution in [0.2, 0.25) is 5.02 Å². The maximum absolute atomic E-state index is 13.3. The number of anilines is 2. The van der Waals surface area contributed by atoms with Crippen LogP contribution in [0.5, 0.6) is 0 Å². The molecule has 0 unspecified atom stereocenters. The van der Waals surface area contributed by atoms with Gasteiger partial charge in [0.05, 0.1) is 16.9 Å². The van der Waals surface area contributed by atoms with Gasteiger partial charge < -0.3 is 10.6 Å². The molecule has 0 aliphatic heterocycles. The molecule has 0 saturated carbocycles. The Bertz CT molecular complexity index is 752. The van der Waals surface area contributed by atoms with Gasteiger partial charge in [0.15, 0.2) is 0 Å². The molecule has 2 N–H and O–H groups in total. The third kappa shape index (κ3) is 4.17. The van der Waals surface area contributed by atoms with E-state index in [9.17, 15) is 14.0 Å². The van der Waals surface area contributed by atoms with E-state index in [0.717, 1.165) is 6.07 Å². The van der Waals surface area contributed by atoms with Crippen molar-refractivity contribution in [2.24, 2.45) is 0 Å². The molecule has 0 radical (unpaired) electrons. The Morgan fingerprint density at radius 2 is 1.82 bits per heavy atom. The van der Waals surface area contributed by atoms with E-state index in [2.05, 4.69) is 10.6 Å². The fourth-order valence-electron chi connectivity index (χ4n) is 1.78. The smallest absolute Gasteiger partial charge is 0.256 e. The lowest BCUT2D eigenvalue weighted by Crippen LogP contribution is -2.16. The maximum atomic E-state index is 13.3. The Labute approximate surface area is 145 Å². The molecule has 0 aromatic heterocycles. The van der Waals surface area contributed by atoms with E-state index in [1.165, 1.54) is 25.1 Å². The first-order valence-corrected chi connectivity index (χ1v) is 7.66. The number of rotatable bonds is 3. The second-order valence-electron chi connectivity index (χ2n) is 4.45. The van der Waals surface area contributed by atoms with E-state index in [0.29, 0.717) is 20.0 Å². The lowest BCUT2D eigenvalue weighted by molar-refractivity contribution is -0.114. The van der Waals surface area contributed by atoms with Crippen LogP contribution in [0, 0.1) is 9.39 Å². The highest BCUT2D eigenvalue weighted by molar-refractivity contribution is 14.1. The number of amides is 2. The number of halogens is 3. The zero-order valence-electron chi connectivity index (χ0n) is 11.4. The molecule has 4 nitrogen and oxygen atoms in total. The van der Waals surface area contributed by atoms with Gasteiger partial charge in [-0.2, -0.15) is 0 Å². The van der Waals surface area contributed by atoms with Crippen molar-refractivity contribution in [3.63, 3.8) is 0 Å². The summed E-state index contributed by atoms with van der Waals surface area (Å²) in [4.78, 5) is 23.5. The van der Waals surface area contributed by atoms with Crippen LogP contribution >= 0.6 is 34.2 Å². The van der Waals surface area contributed by atoms with Crippen molar-refractivity contribution in [1.29, 1.82) is 0 Å². The van der Waals surface area contributed by atoms with Crippen LogP contribution in [0.15, 0.2) is 36.4 Å². The van der Waals surface area contributed by atoms with Gasteiger partial charge in [0.2, 0.25) is 5.91 Å². The molecule has 2 amide bonds. The fraction of sp³-hybridized carbons (Fsp3) is 0.0667. The Morgan fingerprint density at radius 3 is 2.50 bits per heavy atom. The Morgan fingerprint density at radius 1 is 1.09 bits per heavy atom. The molecule has 114 valence electrons. The van der Waals surface area contributed by atoms with Crippen LogP contribution in [0.3, 0.4) is 0 Å². The van der Waals surface area contributed by atoms with E-state index >= 15 is 0 Å². The van der Waals surface area contributed by atoms with Gasteiger partial charge in [0.1, 0.15) is 5.82 Å². The maximum Gasteiger partial charge on any atom is 0.256 e. The monoisotopic (exact) mass is 432 g/mol. The summed E-state index contributed by atoms with van der Waals surface area (Å²) in [7, 11) is 0. The predicted octanol–water partition coefficient (Wildman–Crippen LogP) is 4.29. The molecule has 0 aliphatic carbocycles. The molecule has 0 spiro atoms. The zero-order chi connectivity index (χ0) is 16.3. The Balaban J connectivity index is 2.32. The highest BCUT2D eigenvalue weighted by Crippen LogP contribution is 2.27. The van der Waals surface area contributed by atoms with Gasteiger partial charge >= 0.3 is 0 Å². The second-order valence-corrected chi connectivity index (χ2v) is 6.05. The number of nitrogens with one attached hydrogen (secondary N) is 2.